The molecule has 1 unspecified atom stereocenters. The van der Waals surface area contributed by atoms with Crippen LogP contribution in [0.25, 0.3) is 0 Å². The van der Waals surface area contributed by atoms with Gasteiger partial charge >= 0.3 is 0 Å². The predicted octanol–water partition coefficient (Wildman–Crippen LogP) is 2.17. The lowest BCUT2D eigenvalue weighted by molar-refractivity contribution is -0.117. The predicted molar refractivity (Wildman–Crippen MR) is 88.6 cm³/mol. The number of benzene rings is 1. The van der Waals surface area contributed by atoms with Crippen molar-refractivity contribution in [2.24, 2.45) is 4.99 Å². The van der Waals surface area contributed by atoms with Gasteiger partial charge in [-0.1, -0.05) is 12.1 Å². The van der Waals surface area contributed by atoms with Crippen molar-refractivity contribution in [3.63, 3.8) is 0 Å². The molecular weight excluding hydrogens is 298 g/mol. The maximum Gasteiger partial charge on any atom is 0.248 e. The van der Waals surface area contributed by atoms with Gasteiger partial charge in [-0.3, -0.25) is 4.79 Å². The zero-order valence-corrected chi connectivity index (χ0v) is 13.0. The molecule has 5 nitrogen and oxygen atoms in total. The van der Waals surface area contributed by atoms with Gasteiger partial charge in [0.15, 0.2) is 0 Å². The summed E-state index contributed by atoms with van der Waals surface area (Å²) in [5, 5.41) is 8.24. The molecule has 22 heavy (non-hydrogen) atoms. The normalized spacial score (nSPS) is 19.4. The van der Waals surface area contributed by atoms with Crippen molar-refractivity contribution in [1.82, 2.24) is 10.6 Å². The molecule has 2 heterocycles. The van der Waals surface area contributed by atoms with Crippen LogP contribution in [0.2, 0.25) is 0 Å². The number of fused-ring (bicyclic) bond motifs is 1. The van der Waals surface area contributed by atoms with Crippen molar-refractivity contribution in [2.45, 2.75) is 18.3 Å². The van der Waals surface area contributed by atoms with Crippen LogP contribution < -0.4 is 15.4 Å². The van der Waals surface area contributed by atoms with Crippen LogP contribution in [0.15, 0.2) is 52.0 Å². The number of amides is 1. The van der Waals surface area contributed by atoms with Crippen LogP contribution in [-0.4, -0.2) is 24.7 Å². The summed E-state index contributed by atoms with van der Waals surface area (Å²) in [5.74, 6) is 0.752. The Morgan fingerprint density at radius 2 is 2.45 bits per heavy atom. The highest BCUT2D eigenvalue weighted by Crippen LogP contribution is 2.32. The van der Waals surface area contributed by atoms with E-state index in [0.29, 0.717) is 13.0 Å². The van der Waals surface area contributed by atoms with E-state index < -0.39 is 0 Å². The molecule has 0 bridgehead atoms. The van der Waals surface area contributed by atoms with Crippen molar-refractivity contribution in [3.05, 3.63) is 52.6 Å². The molecule has 0 aliphatic carbocycles. The Balaban J connectivity index is 1.60. The largest absolute Gasteiger partial charge is 0.497 e. The van der Waals surface area contributed by atoms with Crippen LogP contribution >= 0.6 is 11.8 Å². The molecule has 0 aromatic heterocycles. The third-order valence-electron chi connectivity index (χ3n) is 3.50. The standard InChI is InChI=1S/C16H17N3O2S/c1-21-14-4-2-3-11(5-14)7-18-15(20)13-6-12-8-17-10-19-16(12)22-9-13/h2-5,8-10,16H,6-7H2,1H3,(H,17,19)(H,18,20). The molecule has 114 valence electrons. The lowest BCUT2D eigenvalue weighted by Crippen LogP contribution is -2.33. The van der Waals surface area contributed by atoms with Crippen LogP contribution in [-0.2, 0) is 11.3 Å². The minimum atomic E-state index is -0.0378. The molecule has 1 aromatic carbocycles. The molecule has 0 radical (unpaired) electrons. The van der Waals surface area contributed by atoms with Crippen LogP contribution in [0.5, 0.6) is 5.75 Å². The van der Waals surface area contributed by atoms with Gasteiger partial charge in [0.05, 0.1) is 13.4 Å². The first-order valence-corrected chi connectivity index (χ1v) is 7.93. The van der Waals surface area contributed by atoms with E-state index >= 15 is 0 Å². The fourth-order valence-corrected chi connectivity index (χ4v) is 3.26. The lowest BCUT2D eigenvalue weighted by Gasteiger charge is -2.25. The van der Waals surface area contributed by atoms with E-state index in [-0.39, 0.29) is 11.3 Å². The summed E-state index contributed by atoms with van der Waals surface area (Å²) in [6, 6.07) is 7.68. The smallest absolute Gasteiger partial charge is 0.248 e. The van der Waals surface area contributed by atoms with Crippen LogP contribution in [0.1, 0.15) is 12.0 Å². The van der Waals surface area contributed by atoms with E-state index in [4.69, 9.17) is 4.74 Å². The molecule has 1 atom stereocenters. The van der Waals surface area contributed by atoms with Gasteiger partial charge in [0.1, 0.15) is 11.1 Å². The monoisotopic (exact) mass is 315 g/mol. The Hall–Kier alpha value is -2.21. The Bertz CT molecular complexity index is 667. The summed E-state index contributed by atoms with van der Waals surface area (Å²) >= 11 is 1.60. The number of thioether (sulfide) groups is 1. The van der Waals surface area contributed by atoms with Crippen molar-refractivity contribution < 1.29 is 9.53 Å². The molecule has 0 saturated heterocycles. The van der Waals surface area contributed by atoms with E-state index in [0.717, 1.165) is 22.5 Å². The van der Waals surface area contributed by atoms with Crippen LogP contribution in [0.3, 0.4) is 0 Å². The molecule has 0 fully saturated rings. The number of carbonyl (C=O) groups excluding carboxylic acids is 1. The molecule has 0 spiro atoms. The van der Waals surface area contributed by atoms with Crippen molar-refractivity contribution in [3.8, 4) is 5.75 Å². The highest BCUT2D eigenvalue weighted by Gasteiger charge is 2.24. The number of methoxy groups -OCH3 is 1. The number of hydrogen-bond donors (Lipinski definition) is 2. The first-order chi connectivity index (χ1) is 10.8. The molecular formula is C16H17N3O2S. The number of rotatable bonds is 4. The fraction of sp³-hybridized carbons (Fsp3) is 0.250. The van der Waals surface area contributed by atoms with Crippen molar-refractivity contribution in [1.29, 1.82) is 0 Å². The zero-order valence-electron chi connectivity index (χ0n) is 12.2. The average molecular weight is 315 g/mol. The van der Waals surface area contributed by atoms with Crippen LogP contribution in [0.4, 0.5) is 0 Å². The SMILES string of the molecule is COc1cccc(CNC(=O)C2=CSC3NC=NC=C3C2)c1. The molecule has 3 rings (SSSR count). The minimum Gasteiger partial charge on any atom is -0.497 e. The number of hydrogen-bond acceptors (Lipinski definition) is 5. The van der Waals surface area contributed by atoms with Gasteiger partial charge in [0, 0.05) is 24.7 Å². The lowest BCUT2D eigenvalue weighted by atomic mass is 10.1. The number of carbonyl (C=O) groups is 1. The first-order valence-electron chi connectivity index (χ1n) is 6.98. The summed E-state index contributed by atoms with van der Waals surface area (Å²) in [4.78, 5) is 16.4. The maximum atomic E-state index is 12.3. The van der Waals surface area contributed by atoms with Crippen molar-refractivity contribution in [2.75, 3.05) is 7.11 Å². The highest BCUT2D eigenvalue weighted by molar-refractivity contribution is 8.03. The minimum absolute atomic E-state index is 0.0378. The quantitative estimate of drug-likeness (QED) is 0.894. The molecule has 2 aliphatic heterocycles. The molecule has 2 N–H and O–H groups in total. The molecule has 6 heteroatoms. The molecule has 1 amide bonds. The Kier molecular flexibility index (Phi) is 4.48. The fourth-order valence-electron chi connectivity index (χ4n) is 2.31. The molecule has 2 aliphatic rings. The zero-order chi connectivity index (χ0) is 15.4. The van der Waals surface area contributed by atoms with Gasteiger partial charge in [-0.25, -0.2) is 4.99 Å². The summed E-state index contributed by atoms with van der Waals surface area (Å²) in [5.41, 5.74) is 2.91. The summed E-state index contributed by atoms with van der Waals surface area (Å²) < 4.78 is 5.18. The molecule has 1 aromatic rings. The van der Waals surface area contributed by atoms with Gasteiger partial charge in [0.25, 0.3) is 0 Å². The summed E-state index contributed by atoms with van der Waals surface area (Å²) in [7, 11) is 1.63. The van der Waals surface area contributed by atoms with E-state index in [9.17, 15) is 4.79 Å². The number of nitrogens with one attached hydrogen (secondary N) is 2. The van der Waals surface area contributed by atoms with Gasteiger partial charge in [-0.2, -0.15) is 0 Å². The average Bonchev–Trinajstić information content (AvgIpc) is 2.59. The summed E-state index contributed by atoms with van der Waals surface area (Å²) in [6.07, 6.45) is 4.14. The van der Waals surface area contributed by atoms with Gasteiger partial charge in [-0.15, -0.1) is 11.8 Å². The molecule has 0 saturated carbocycles. The van der Waals surface area contributed by atoms with Crippen molar-refractivity contribution >= 4 is 24.0 Å². The topological polar surface area (TPSA) is 62.7 Å². The Labute approximate surface area is 133 Å². The van der Waals surface area contributed by atoms with Gasteiger partial charge < -0.3 is 15.4 Å². The number of ether oxygens (including phenoxy) is 1. The van der Waals surface area contributed by atoms with E-state index in [1.54, 1.807) is 25.2 Å². The van der Waals surface area contributed by atoms with E-state index in [1.807, 2.05) is 35.9 Å². The van der Waals surface area contributed by atoms with Gasteiger partial charge in [-0.05, 0) is 28.7 Å². The first kappa shape index (κ1) is 14.7. The second kappa shape index (κ2) is 6.70. The maximum absolute atomic E-state index is 12.3. The Morgan fingerprint density at radius 1 is 1.55 bits per heavy atom. The highest BCUT2D eigenvalue weighted by atomic mass is 32.2. The Morgan fingerprint density at radius 3 is 3.32 bits per heavy atom. The third kappa shape index (κ3) is 3.33. The third-order valence-corrected chi connectivity index (χ3v) is 4.63. The van der Waals surface area contributed by atoms with Crippen LogP contribution in [0, 0.1) is 0 Å². The van der Waals surface area contributed by atoms with E-state index in [1.165, 1.54) is 0 Å². The van der Waals surface area contributed by atoms with E-state index in [2.05, 4.69) is 15.6 Å². The number of aliphatic imine (C=N–C) groups is 1. The second-order valence-electron chi connectivity index (χ2n) is 5.02. The summed E-state index contributed by atoms with van der Waals surface area (Å²) in [6.45, 7) is 0.483. The van der Waals surface area contributed by atoms with Gasteiger partial charge in [0.2, 0.25) is 5.91 Å². The second-order valence-corrected chi connectivity index (χ2v) is 6.00. The number of nitrogens with zero attached hydrogens (tertiary/aromatic N) is 1.